The molecule has 2 aromatic carbocycles. The molecule has 4 nitrogen and oxygen atoms in total. The quantitative estimate of drug-likeness (QED) is 0.363. The number of Topliss-reactive ketones (excluding diaryl/α,β-unsaturated/α-hetero) is 2. The molecule has 0 unspecified atom stereocenters. The van der Waals surface area contributed by atoms with Crippen molar-refractivity contribution in [2.75, 3.05) is 7.05 Å². The highest BCUT2D eigenvalue weighted by Crippen LogP contribution is 2.50. The summed E-state index contributed by atoms with van der Waals surface area (Å²) in [6, 6.07) is 11.6. The van der Waals surface area contributed by atoms with Gasteiger partial charge in [-0.15, -0.1) is 0 Å². The third-order valence-corrected chi connectivity index (χ3v) is 8.48. The smallest absolute Gasteiger partial charge is 0.161 e. The van der Waals surface area contributed by atoms with E-state index in [1.54, 1.807) is 0 Å². The molecule has 34 heavy (non-hydrogen) atoms. The van der Waals surface area contributed by atoms with Crippen molar-refractivity contribution in [3.05, 3.63) is 84.0 Å². The van der Waals surface area contributed by atoms with Crippen molar-refractivity contribution in [2.45, 2.75) is 51.0 Å². The minimum Gasteiger partial charge on any atom is -0.486 e. The second-order valence-electron chi connectivity index (χ2n) is 8.96. The number of ether oxygens (including phenoxy) is 1. The predicted octanol–water partition coefficient (Wildman–Crippen LogP) is 7.49. The SMILES string of the molecule is CN1C2=C(C(=O)CCC2)C(c2cc(Br)c(OCc3ccccc3Cl)c(Br)c2)C2=C1CCCC2=O. The van der Waals surface area contributed by atoms with E-state index in [2.05, 4.69) is 36.8 Å². The number of benzene rings is 2. The third kappa shape index (κ3) is 4.18. The summed E-state index contributed by atoms with van der Waals surface area (Å²) in [7, 11) is 2.01. The lowest BCUT2D eigenvalue weighted by Crippen LogP contribution is -2.37. The molecule has 0 saturated carbocycles. The summed E-state index contributed by atoms with van der Waals surface area (Å²) in [6.45, 7) is 0.325. The topological polar surface area (TPSA) is 46.6 Å². The molecule has 2 aromatic rings. The molecular formula is C27H24Br2ClNO3. The first-order chi connectivity index (χ1) is 16.4. The van der Waals surface area contributed by atoms with Crippen molar-refractivity contribution in [3.8, 4) is 5.75 Å². The highest BCUT2D eigenvalue weighted by atomic mass is 79.9. The van der Waals surface area contributed by atoms with Gasteiger partial charge in [0.15, 0.2) is 11.6 Å². The van der Waals surface area contributed by atoms with Crippen LogP contribution >= 0.6 is 43.5 Å². The van der Waals surface area contributed by atoms with E-state index < -0.39 is 0 Å². The Bertz CT molecular complexity index is 1200. The molecule has 0 N–H and O–H groups in total. The van der Waals surface area contributed by atoms with E-state index in [9.17, 15) is 9.59 Å². The molecule has 1 aliphatic heterocycles. The van der Waals surface area contributed by atoms with Crippen molar-refractivity contribution in [1.82, 2.24) is 4.90 Å². The highest BCUT2D eigenvalue weighted by molar-refractivity contribution is 9.11. The fraction of sp³-hybridized carbons (Fsp3) is 0.333. The van der Waals surface area contributed by atoms with Crippen LogP contribution in [-0.2, 0) is 16.2 Å². The molecule has 0 fully saturated rings. The molecule has 176 valence electrons. The Morgan fingerprint density at radius 2 is 1.50 bits per heavy atom. The lowest BCUT2D eigenvalue weighted by Gasteiger charge is -2.42. The molecule has 0 aromatic heterocycles. The monoisotopic (exact) mass is 603 g/mol. The molecule has 0 radical (unpaired) electrons. The number of carbonyl (C=O) groups excluding carboxylic acids is 2. The number of ketones is 2. The van der Waals surface area contributed by atoms with Gasteiger partial charge in [-0.1, -0.05) is 29.8 Å². The van der Waals surface area contributed by atoms with E-state index >= 15 is 0 Å². The standard InChI is InChI=1S/C27H24Br2ClNO3/c1-31-20-8-4-10-22(32)25(20)24(26-21(31)9-5-11-23(26)33)16-12-17(28)27(18(29)13-16)34-14-15-6-2-3-7-19(15)30/h2-3,6-7,12-13,24H,4-5,8-11,14H2,1H3. The van der Waals surface area contributed by atoms with Gasteiger partial charge in [-0.05, 0) is 81.3 Å². The van der Waals surface area contributed by atoms with Crippen LogP contribution in [0.2, 0.25) is 5.02 Å². The van der Waals surface area contributed by atoms with Crippen LogP contribution in [0.1, 0.15) is 55.6 Å². The van der Waals surface area contributed by atoms with Gasteiger partial charge in [0.05, 0.1) is 8.95 Å². The normalized spacial score (nSPS) is 18.9. The zero-order chi connectivity index (χ0) is 24.0. The van der Waals surface area contributed by atoms with Crippen LogP contribution in [0.25, 0.3) is 0 Å². The zero-order valence-corrected chi connectivity index (χ0v) is 22.7. The molecule has 0 spiro atoms. The van der Waals surface area contributed by atoms with Crippen molar-refractivity contribution in [3.63, 3.8) is 0 Å². The number of halogens is 3. The van der Waals surface area contributed by atoms with Crippen LogP contribution in [-0.4, -0.2) is 23.5 Å². The minimum atomic E-state index is -0.341. The Labute approximate surface area is 221 Å². The number of allylic oxidation sites excluding steroid dienone is 4. The average Bonchev–Trinajstić information content (AvgIpc) is 2.81. The number of nitrogens with zero attached hydrogens (tertiary/aromatic N) is 1. The van der Waals surface area contributed by atoms with Gasteiger partial charge in [0.25, 0.3) is 0 Å². The number of hydrogen-bond donors (Lipinski definition) is 0. The maximum atomic E-state index is 13.2. The molecule has 0 saturated heterocycles. The van der Waals surface area contributed by atoms with Crippen molar-refractivity contribution < 1.29 is 14.3 Å². The van der Waals surface area contributed by atoms with E-state index in [4.69, 9.17) is 16.3 Å². The average molecular weight is 606 g/mol. The number of carbonyl (C=O) groups is 2. The molecule has 7 heteroatoms. The van der Waals surface area contributed by atoms with Gasteiger partial charge in [-0.25, -0.2) is 0 Å². The molecule has 2 aliphatic carbocycles. The Morgan fingerprint density at radius 1 is 0.941 bits per heavy atom. The lowest BCUT2D eigenvalue weighted by molar-refractivity contribution is -0.117. The van der Waals surface area contributed by atoms with Crippen LogP contribution in [0.4, 0.5) is 0 Å². The van der Waals surface area contributed by atoms with Crippen LogP contribution < -0.4 is 4.74 Å². The van der Waals surface area contributed by atoms with Gasteiger partial charge in [0.1, 0.15) is 12.4 Å². The lowest BCUT2D eigenvalue weighted by atomic mass is 9.71. The Kier molecular flexibility index (Phi) is 6.75. The van der Waals surface area contributed by atoms with Crippen LogP contribution in [0.5, 0.6) is 5.75 Å². The molecule has 0 bridgehead atoms. The summed E-state index contributed by atoms with van der Waals surface area (Å²) in [4.78, 5) is 28.5. The predicted molar refractivity (Wildman–Crippen MR) is 140 cm³/mol. The molecule has 5 rings (SSSR count). The van der Waals surface area contributed by atoms with E-state index in [0.29, 0.717) is 30.2 Å². The summed E-state index contributed by atoms with van der Waals surface area (Å²) in [5.74, 6) is 0.612. The van der Waals surface area contributed by atoms with E-state index in [1.807, 2.05) is 43.4 Å². The van der Waals surface area contributed by atoms with E-state index in [0.717, 1.165) is 68.3 Å². The van der Waals surface area contributed by atoms with E-state index in [-0.39, 0.29) is 17.5 Å². The van der Waals surface area contributed by atoms with Crippen LogP contribution in [0, 0.1) is 0 Å². The summed E-state index contributed by atoms with van der Waals surface area (Å²) >= 11 is 13.6. The van der Waals surface area contributed by atoms with Crippen LogP contribution in [0.3, 0.4) is 0 Å². The van der Waals surface area contributed by atoms with Crippen molar-refractivity contribution in [1.29, 1.82) is 0 Å². The summed E-state index contributed by atoms with van der Waals surface area (Å²) in [5.41, 5.74) is 5.52. The highest BCUT2D eigenvalue weighted by Gasteiger charge is 2.42. The summed E-state index contributed by atoms with van der Waals surface area (Å²) in [6.07, 6.45) is 4.49. The van der Waals surface area contributed by atoms with Crippen molar-refractivity contribution in [2.24, 2.45) is 0 Å². The number of rotatable bonds is 4. The summed E-state index contributed by atoms with van der Waals surface area (Å²) < 4.78 is 7.63. The van der Waals surface area contributed by atoms with Gasteiger partial charge >= 0.3 is 0 Å². The first-order valence-electron chi connectivity index (χ1n) is 11.5. The molecule has 3 aliphatic rings. The molecule has 1 heterocycles. The third-order valence-electron chi connectivity index (χ3n) is 6.93. The second-order valence-corrected chi connectivity index (χ2v) is 11.1. The number of hydrogen-bond acceptors (Lipinski definition) is 4. The zero-order valence-electron chi connectivity index (χ0n) is 18.8. The van der Waals surface area contributed by atoms with E-state index in [1.165, 1.54) is 0 Å². The minimum absolute atomic E-state index is 0.148. The van der Waals surface area contributed by atoms with Gasteiger partial charge < -0.3 is 9.64 Å². The Hall–Kier alpha value is -1.89. The van der Waals surface area contributed by atoms with Gasteiger partial charge in [-0.3, -0.25) is 9.59 Å². The molecular weight excluding hydrogens is 582 g/mol. The fourth-order valence-corrected chi connectivity index (χ4v) is 6.98. The molecule has 0 amide bonds. The van der Waals surface area contributed by atoms with Gasteiger partial charge in [0, 0.05) is 58.9 Å². The Balaban J connectivity index is 1.56. The van der Waals surface area contributed by atoms with Crippen LogP contribution in [0.15, 0.2) is 67.9 Å². The van der Waals surface area contributed by atoms with Gasteiger partial charge in [-0.2, -0.15) is 0 Å². The van der Waals surface area contributed by atoms with Crippen molar-refractivity contribution >= 4 is 55.0 Å². The molecule has 0 atom stereocenters. The second kappa shape index (κ2) is 9.63. The Morgan fingerprint density at radius 3 is 2.06 bits per heavy atom. The van der Waals surface area contributed by atoms with Gasteiger partial charge in [0.2, 0.25) is 0 Å². The summed E-state index contributed by atoms with van der Waals surface area (Å²) in [5, 5.41) is 0.656. The first-order valence-corrected chi connectivity index (χ1v) is 13.4. The first kappa shape index (κ1) is 23.8. The maximum Gasteiger partial charge on any atom is 0.161 e. The fourth-order valence-electron chi connectivity index (χ4n) is 5.34. The maximum absolute atomic E-state index is 13.2. The largest absolute Gasteiger partial charge is 0.486 e.